The normalized spacial score (nSPS) is 19.8. The number of benzene rings is 3. The summed E-state index contributed by atoms with van der Waals surface area (Å²) in [6, 6.07) is 23.8. The molecule has 0 bridgehead atoms. The fraction of sp³-hybridized carbons (Fsp3) is 0.105. The van der Waals surface area contributed by atoms with Crippen molar-refractivity contribution < 1.29 is 9.53 Å². The van der Waals surface area contributed by atoms with Crippen LogP contribution in [0.15, 0.2) is 72.8 Å². The number of amides is 1. The molecular weight excluding hydrogens is 274 g/mol. The Morgan fingerprint density at radius 2 is 1.59 bits per heavy atom. The third-order valence-corrected chi connectivity index (χ3v) is 3.89. The molecule has 4 rings (SSSR count). The van der Waals surface area contributed by atoms with Gasteiger partial charge in [-0.25, -0.2) is 0 Å². The smallest absolute Gasteiger partial charge is 0.256 e. The summed E-state index contributed by atoms with van der Waals surface area (Å²) < 4.78 is 5.57. The Bertz CT molecular complexity index is 829. The minimum absolute atomic E-state index is 0.0932. The van der Waals surface area contributed by atoms with E-state index in [9.17, 15) is 4.79 Å². The first-order valence-corrected chi connectivity index (χ1v) is 7.31. The summed E-state index contributed by atoms with van der Waals surface area (Å²) in [5, 5.41) is 5.23. The Morgan fingerprint density at radius 3 is 2.41 bits per heavy atom. The predicted molar refractivity (Wildman–Crippen MR) is 86.6 cm³/mol. The molecule has 108 valence electrons. The molecule has 2 atom stereocenters. The van der Waals surface area contributed by atoms with Gasteiger partial charge in [-0.3, -0.25) is 4.79 Å². The van der Waals surface area contributed by atoms with E-state index < -0.39 is 6.10 Å². The van der Waals surface area contributed by atoms with Crippen LogP contribution in [-0.4, -0.2) is 12.0 Å². The Hall–Kier alpha value is -2.65. The third-order valence-electron chi connectivity index (χ3n) is 3.89. The summed E-state index contributed by atoms with van der Waals surface area (Å²) >= 11 is 0. The van der Waals surface area contributed by atoms with E-state index in [1.807, 2.05) is 48.5 Å². The number of epoxide rings is 1. The summed E-state index contributed by atoms with van der Waals surface area (Å²) in [6.07, 6.45) is -0.547. The lowest BCUT2D eigenvalue weighted by Gasteiger charge is -2.03. The second kappa shape index (κ2) is 5.28. The van der Waals surface area contributed by atoms with Crippen molar-refractivity contribution in [3.8, 4) is 0 Å². The Balaban J connectivity index is 1.49. The molecule has 1 aliphatic rings. The standard InChI is InChI=1S/C19H15NO2/c21-19(20-16-8-2-1-3-9-16)18-17(22-18)15-11-10-13-6-4-5-7-14(13)12-15/h1-12,17-18H,(H,20,21)/t17-,18-/m1/s1. The van der Waals surface area contributed by atoms with Crippen LogP contribution in [-0.2, 0) is 9.53 Å². The highest BCUT2D eigenvalue weighted by Crippen LogP contribution is 2.40. The van der Waals surface area contributed by atoms with Crippen LogP contribution in [0.5, 0.6) is 0 Å². The lowest BCUT2D eigenvalue weighted by molar-refractivity contribution is -0.117. The van der Waals surface area contributed by atoms with E-state index in [2.05, 4.69) is 29.6 Å². The molecule has 0 aromatic heterocycles. The van der Waals surface area contributed by atoms with E-state index in [1.165, 1.54) is 5.39 Å². The van der Waals surface area contributed by atoms with Crippen LogP contribution in [0.3, 0.4) is 0 Å². The lowest BCUT2D eigenvalue weighted by Crippen LogP contribution is -2.18. The van der Waals surface area contributed by atoms with E-state index in [-0.39, 0.29) is 12.0 Å². The van der Waals surface area contributed by atoms with Gasteiger partial charge in [0.25, 0.3) is 5.91 Å². The second-order valence-corrected chi connectivity index (χ2v) is 5.44. The summed E-state index contributed by atoms with van der Waals surface area (Å²) in [5.41, 5.74) is 1.84. The van der Waals surface area contributed by atoms with Gasteiger partial charge in [-0.1, -0.05) is 54.6 Å². The van der Waals surface area contributed by atoms with Gasteiger partial charge >= 0.3 is 0 Å². The zero-order valence-electron chi connectivity index (χ0n) is 11.9. The Morgan fingerprint density at radius 1 is 0.864 bits per heavy atom. The topological polar surface area (TPSA) is 41.6 Å². The monoisotopic (exact) mass is 289 g/mol. The molecule has 1 aliphatic heterocycles. The molecule has 3 aromatic rings. The maximum Gasteiger partial charge on any atom is 0.256 e. The molecule has 1 fully saturated rings. The number of carbonyl (C=O) groups is 1. The second-order valence-electron chi connectivity index (χ2n) is 5.44. The molecule has 3 heteroatoms. The number of hydrogen-bond donors (Lipinski definition) is 1. The van der Waals surface area contributed by atoms with Crippen molar-refractivity contribution in [1.29, 1.82) is 0 Å². The van der Waals surface area contributed by atoms with Gasteiger partial charge in [-0.05, 0) is 34.5 Å². The number of anilines is 1. The summed E-state index contributed by atoms with van der Waals surface area (Å²) in [4.78, 5) is 12.2. The van der Waals surface area contributed by atoms with Crippen LogP contribution in [0.4, 0.5) is 5.69 Å². The van der Waals surface area contributed by atoms with Gasteiger partial charge in [0.2, 0.25) is 0 Å². The van der Waals surface area contributed by atoms with Crippen molar-refractivity contribution in [2.75, 3.05) is 5.32 Å². The molecule has 1 N–H and O–H groups in total. The van der Waals surface area contributed by atoms with Crippen molar-refractivity contribution in [3.63, 3.8) is 0 Å². The van der Waals surface area contributed by atoms with E-state index in [0.29, 0.717) is 0 Å². The van der Waals surface area contributed by atoms with Crippen molar-refractivity contribution in [1.82, 2.24) is 0 Å². The maximum absolute atomic E-state index is 12.2. The number of ether oxygens (including phenoxy) is 1. The molecule has 0 aliphatic carbocycles. The van der Waals surface area contributed by atoms with Gasteiger partial charge in [0.1, 0.15) is 6.10 Å². The van der Waals surface area contributed by atoms with Crippen LogP contribution < -0.4 is 5.32 Å². The molecule has 1 heterocycles. The highest BCUT2D eigenvalue weighted by molar-refractivity contribution is 5.96. The van der Waals surface area contributed by atoms with Gasteiger partial charge in [0, 0.05) is 5.69 Å². The first-order chi connectivity index (χ1) is 10.8. The summed E-state index contributed by atoms with van der Waals surface area (Å²) in [7, 11) is 0. The Labute approximate surface area is 128 Å². The van der Waals surface area contributed by atoms with Crippen molar-refractivity contribution in [2.24, 2.45) is 0 Å². The minimum atomic E-state index is -0.402. The Kier molecular flexibility index (Phi) is 3.13. The summed E-state index contributed by atoms with van der Waals surface area (Å²) in [6.45, 7) is 0. The van der Waals surface area contributed by atoms with E-state index in [4.69, 9.17) is 4.74 Å². The largest absolute Gasteiger partial charge is 0.354 e. The quantitative estimate of drug-likeness (QED) is 0.743. The zero-order chi connectivity index (χ0) is 14.9. The van der Waals surface area contributed by atoms with Crippen LogP contribution in [0.25, 0.3) is 10.8 Å². The molecule has 0 unspecified atom stereocenters. The zero-order valence-corrected chi connectivity index (χ0v) is 11.9. The van der Waals surface area contributed by atoms with Gasteiger partial charge in [-0.15, -0.1) is 0 Å². The van der Waals surface area contributed by atoms with Crippen LogP contribution >= 0.6 is 0 Å². The van der Waals surface area contributed by atoms with Crippen molar-refractivity contribution >= 4 is 22.4 Å². The maximum atomic E-state index is 12.2. The molecule has 22 heavy (non-hydrogen) atoms. The number of rotatable bonds is 3. The SMILES string of the molecule is O=C(Nc1ccccc1)[C@@H]1O[C@@H]1c1ccc2ccccc2c1. The van der Waals surface area contributed by atoms with Gasteiger partial charge in [0.15, 0.2) is 6.10 Å². The van der Waals surface area contributed by atoms with E-state index >= 15 is 0 Å². The molecular formula is C19H15NO2. The summed E-state index contributed by atoms with van der Waals surface area (Å²) in [5.74, 6) is -0.0932. The number of para-hydroxylation sites is 1. The number of fused-ring (bicyclic) bond motifs is 1. The third kappa shape index (κ3) is 2.47. The molecule has 0 radical (unpaired) electrons. The molecule has 0 saturated carbocycles. The molecule has 3 aromatic carbocycles. The van der Waals surface area contributed by atoms with E-state index in [0.717, 1.165) is 16.6 Å². The van der Waals surface area contributed by atoms with Crippen LogP contribution in [0, 0.1) is 0 Å². The first-order valence-electron chi connectivity index (χ1n) is 7.31. The minimum Gasteiger partial charge on any atom is -0.354 e. The average molecular weight is 289 g/mol. The molecule has 1 saturated heterocycles. The van der Waals surface area contributed by atoms with Crippen LogP contribution in [0.1, 0.15) is 11.7 Å². The fourth-order valence-corrected chi connectivity index (χ4v) is 2.68. The van der Waals surface area contributed by atoms with Crippen molar-refractivity contribution in [3.05, 3.63) is 78.4 Å². The molecule has 0 spiro atoms. The number of hydrogen-bond acceptors (Lipinski definition) is 2. The van der Waals surface area contributed by atoms with Crippen LogP contribution in [0.2, 0.25) is 0 Å². The highest BCUT2D eigenvalue weighted by Gasteiger charge is 2.46. The van der Waals surface area contributed by atoms with Gasteiger partial charge in [-0.2, -0.15) is 0 Å². The van der Waals surface area contributed by atoms with Gasteiger partial charge in [0.05, 0.1) is 0 Å². The van der Waals surface area contributed by atoms with E-state index in [1.54, 1.807) is 0 Å². The van der Waals surface area contributed by atoms with Crippen molar-refractivity contribution in [2.45, 2.75) is 12.2 Å². The van der Waals surface area contributed by atoms with Gasteiger partial charge < -0.3 is 10.1 Å². The highest BCUT2D eigenvalue weighted by atomic mass is 16.6. The predicted octanol–water partition coefficient (Wildman–Crippen LogP) is 3.92. The lowest BCUT2D eigenvalue weighted by atomic mass is 10.0. The number of carbonyl (C=O) groups excluding carboxylic acids is 1. The molecule has 1 amide bonds. The number of nitrogens with one attached hydrogen (secondary N) is 1. The average Bonchev–Trinajstić information content (AvgIpc) is 3.36. The molecule has 3 nitrogen and oxygen atoms in total. The fourth-order valence-electron chi connectivity index (χ4n) is 2.68. The first kappa shape index (κ1) is 13.0.